The Labute approximate surface area is 146 Å². The van der Waals surface area contributed by atoms with Gasteiger partial charge in [-0.3, -0.25) is 9.89 Å². The number of rotatable bonds is 7. The lowest BCUT2D eigenvalue weighted by Crippen LogP contribution is -2.15. The molecule has 3 rings (SSSR count). The highest BCUT2D eigenvalue weighted by molar-refractivity contribution is 5.91. The number of benzene rings is 1. The number of hydrogen-bond donors (Lipinski definition) is 2. The average Bonchev–Trinajstić information content (AvgIpc) is 2.99. The van der Waals surface area contributed by atoms with Crippen LogP contribution in [-0.4, -0.2) is 37.4 Å². The van der Waals surface area contributed by atoms with Crippen LogP contribution in [0.1, 0.15) is 36.4 Å². The molecular formula is C18H23N3O4. The normalized spacial score (nSPS) is 13.9. The second-order valence-corrected chi connectivity index (χ2v) is 6.09. The van der Waals surface area contributed by atoms with E-state index in [9.17, 15) is 4.79 Å². The summed E-state index contributed by atoms with van der Waals surface area (Å²) in [7, 11) is 4.64. The maximum absolute atomic E-state index is 12.3. The van der Waals surface area contributed by atoms with Crippen LogP contribution >= 0.6 is 0 Å². The van der Waals surface area contributed by atoms with Crippen LogP contribution in [0.5, 0.6) is 17.2 Å². The van der Waals surface area contributed by atoms with E-state index in [1.54, 1.807) is 33.5 Å². The Morgan fingerprint density at radius 1 is 1.16 bits per heavy atom. The van der Waals surface area contributed by atoms with Crippen molar-refractivity contribution in [2.24, 2.45) is 0 Å². The molecular weight excluding hydrogens is 322 g/mol. The quantitative estimate of drug-likeness (QED) is 0.806. The summed E-state index contributed by atoms with van der Waals surface area (Å²) in [6, 6.07) is 5.45. The van der Waals surface area contributed by atoms with E-state index in [4.69, 9.17) is 14.2 Å². The Morgan fingerprint density at radius 2 is 1.84 bits per heavy atom. The minimum atomic E-state index is -0.152. The van der Waals surface area contributed by atoms with Gasteiger partial charge in [-0.25, -0.2) is 0 Å². The molecule has 1 aliphatic rings. The summed E-state index contributed by atoms with van der Waals surface area (Å²) >= 11 is 0. The maximum Gasteiger partial charge on any atom is 0.229 e. The van der Waals surface area contributed by atoms with Crippen molar-refractivity contribution in [2.45, 2.75) is 31.6 Å². The highest BCUT2D eigenvalue weighted by Gasteiger charge is 2.22. The number of anilines is 1. The number of carbonyl (C=O) groups excluding carboxylic acids is 1. The third-order valence-corrected chi connectivity index (χ3v) is 4.50. The minimum absolute atomic E-state index is 0.152. The number of aromatic amines is 1. The zero-order chi connectivity index (χ0) is 17.8. The number of aromatic nitrogens is 2. The number of H-pyrrole nitrogens is 1. The van der Waals surface area contributed by atoms with Crippen LogP contribution in [0.25, 0.3) is 0 Å². The molecule has 0 aliphatic heterocycles. The van der Waals surface area contributed by atoms with E-state index in [2.05, 4.69) is 15.5 Å². The Hall–Kier alpha value is -2.70. The first-order chi connectivity index (χ1) is 12.1. The Kier molecular flexibility index (Phi) is 5.11. The van der Waals surface area contributed by atoms with E-state index in [0.717, 1.165) is 11.3 Å². The number of carbonyl (C=O) groups is 1. The molecule has 1 aromatic heterocycles. The predicted octanol–water partition coefficient (Wildman–Crippen LogP) is 2.88. The van der Waals surface area contributed by atoms with Gasteiger partial charge in [-0.1, -0.05) is 6.42 Å². The molecule has 0 saturated heterocycles. The lowest BCUT2D eigenvalue weighted by atomic mass is 9.83. The van der Waals surface area contributed by atoms with Crippen molar-refractivity contribution in [3.05, 3.63) is 29.5 Å². The monoisotopic (exact) mass is 345 g/mol. The molecule has 1 fully saturated rings. The van der Waals surface area contributed by atoms with Crippen LogP contribution < -0.4 is 19.5 Å². The molecule has 1 aromatic carbocycles. The van der Waals surface area contributed by atoms with E-state index in [0.29, 0.717) is 29.0 Å². The predicted molar refractivity (Wildman–Crippen MR) is 93.6 cm³/mol. The second kappa shape index (κ2) is 7.46. The molecule has 7 heteroatoms. The fourth-order valence-corrected chi connectivity index (χ4v) is 2.94. The van der Waals surface area contributed by atoms with Gasteiger partial charge in [-0.15, -0.1) is 0 Å². The molecule has 2 aromatic rings. The van der Waals surface area contributed by atoms with Crippen LogP contribution in [0.15, 0.2) is 18.2 Å². The van der Waals surface area contributed by atoms with Gasteiger partial charge in [0.1, 0.15) is 0 Å². The van der Waals surface area contributed by atoms with Gasteiger partial charge in [-0.2, -0.15) is 5.10 Å². The number of amides is 1. The molecule has 2 N–H and O–H groups in total. The topological polar surface area (TPSA) is 85.5 Å². The van der Waals surface area contributed by atoms with Gasteiger partial charge < -0.3 is 19.5 Å². The molecule has 0 radical (unpaired) electrons. The summed E-state index contributed by atoms with van der Waals surface area (Å²) in [6.45, 7) is 0. The number of methoxy groups -OCH3 is 3. The van der Waals surface area contributed by atoms with Gasteiger partial charge in [0.25, 0.3) is 0 Å². The third kappa shape index (κ3) is 3.70. The third-order valence-electron chi connectivity index (χ3n) is 4.50. The Bertz CT molecular complexity index is 728. The number of nitrogens with one attached hydrogen (secondary N) is 2. The summed E-state index contributed by atoms with van der Waals surface area (Å²) in [5.74, 6) is 2.51. The molecule has 25 heavy (non-hydrogen) atoms. The van der Waals surface area contributed by atoms with Gasteiger partial charge in [0.2, 0.25) is 11.7 Å². The molecule has 0 spiro atoms. The minimum Gasteiger partial charge on any atom is -0.493 e. The van der Waals surface area contributed by atoms with Crippen molar-refractivity contribution in [2.75, 3.05) is 26.6 Å². The summed E-state index contributed by atoms with van der Waals surface area (Å²) in [4.78, 5) is 12.3. The van der Waals surface area contributed by atoms with Gasteiger partial charge in [-0.05, 0) is 30.5 Å². The zero-order valence-corrected chi connectivity index (χ0v) is 14.7. The number of nitrogens with zero attached hydrogens (tertiary/aromatic N) is 1. The summed E-state index contributed by atoms with van der Waals surface area (Å²) in [5.41, 5.74) is 1.86. The van der Waals surface area contributed by atoms with E-state index in [-0.39, 0.29) is 12.3 Å². The smallest absolute Gasteiger partial charge is 0.229 e. The summed E-state index contributed by atoms with van der Waals surface area (Å²) < 4.78 is 15.9. The van der Waals surface area contributed by atoms with Gasteiger partial charge in [0, 0.05) is 17.7 Å². The molecule has 0 bridgehead atoms. The molecule has 1 saturated carbocycles. The molecule has 0 atom stereocenters. The van der Waals surface area contributed by atoms with Crippen molar-refractivity contribution in [1.82, 2.24) is 10.2 Å². The van der Waals surface area contributed by atoms with E-state index < -0.39 is 0 Å². The molecule has 134 valence electrons. The fourth-order valence-electron chi connectivity index (χ4n) is 2.94. The first-order valence-corrected chi connectivity index (χ1v) is 8.28. The SMILES string of the molecule is COc1cc(CC(=O)Nc2cc(C3CCC3)[nH]n2)cc(OC)c1OC. The second-order valence-electron chi connectivity index (χ2n) is 6.09. The summed E-state index contributed by atoms with van der Waals surface area (Å²) in [6.07, 6.45) is 3.80. The van der Waals surface area contributed by atoms with Crippen molar-refractivity contribution in [3.8, 4) is 17.2 Å². The largest absolute Gasteiger partial charge is 0.493 e. The van der Waals surface area contributed by atoms with E-state index in [1.165, 1.54) is 19.3 Å². The molecule has 1 heterocycles. The standard InChI is InChI=1S/C18H23N3O4/c1-23-14-7-11(8-15(24-2)18(14)25-3)9-17(22)19-16-10-13(20-21-16)12-5-4-6-12/h7-8,10,12H,4-6,9H2,1-3H3,(H2,19,20,21,22). The molecule has 0 unspecified atom stereocenters. The fraction of sp³-hybridized carbons (Fsp3) is 0.444. The lowest BCUT2D eigenvalue weighted by Gasteiger charge is -2.23. The first kappa shape index (κ1) is 17.1. The van der Waals surface area contributed by atoms with Crippen LogP contribution in [0.3, 0.4) is 0 Å². The van der Waals surface area contributed by atoms with Crippen LogP contribution in [-0.2, 0) is 11.2 Å². The molecule has 7 nitrogen and oxygen atoms in total. The maximum atomic E-state index is 12.3. The highest BCUT2D eigenvalue weighted by atomic mass is 16.5. The van der Waals surface area contributed by atoms with Crippen LogP contribution in [0, 0.1) is 0 Å². The molecule has 1 amide bonds. The van der Waals surface area contributed by atoms with Crippen molar-refractivity contribution in [1.29, 1.82) is 0 Å². The first-order valence-electron chi connectivity index (χ1n) is 8.28. The number of hydrogen-bond acceptors (Lipinski definition) is 5. The van der Waals surface area contributed by atoms with Gasteiger partial charge >= 0.3 is 0 Å². The van der Waals surface area contributed by atoms with Crippen molar-refractivity contribution < 1.29 is 19.0 Å². The highest BCUT2D eigenvalue weighted by Crippen LogP contribution is 2.38. The van der Waals surface area contributed by atoms with E-state index >= 15 is 0 Å². The zero-order valence-electron chi connectivity index (χ0n) is 14.7. The van der Waals surface area contributed by atoms with Crippen molar-refractivity contribution >= 4 is 11.7 Å². The number of ether oxygens (including phenoxy) is 3. The Morgan fingerprint density at radius 3 is 2.36 bits per heavy atom. The molecule has 1 aliphatic carbocycles. The lowest BCUT2D eigenvalue weighted by molar-refractivity contribution is -0.115. The average molecular weight is 345 g/mol. The summed E-state index contributed by atoms with van der Waals surface area (Å²) in [5, 5.41) is 10.00. The van der Waals surface area contributed by atoms with Crippen molar-refractivity contribution in [3.63, 3.8) is 0 Å². The van der Waals surface area contributed by atoms with Gasteiger partial charge in [0.05, 0.1) is 27.8 Å². The van der Waals surface area contributed by atoms with Gasteiger partial charge in [0.15, 0.2) is 17.3 Å². The van der Waals surface area contributed by atoms with Crippen LogP contribution in [0.2, 0.25) is 0 Å². The van der Waals surface area contributed by atoms with Crippen LogP contribution in [0.4, 0.5) is 5.82 Å². The Balaban J connectivity index is 1.68. The van der Waals surface area contributed by atoms with E-state index in [1.807, 2.05) is 6.07 Å².